The number of fused-ring (bicyclic) bond motifs is 1. The van der Waals surface area contributed by atoms with E-state index in [1.54, 1.807) is 30.5 Å². The molecular formula is C27H27N3O2. The molecule has 4 rings (SSSR count). The van der Waals surface area contributed by atoms with E-state index in [0.29, 0.717) is 12.2 Å². The van der Waals surface area contributed by atoms with Gasteiger partial charge in [-0.2, -0.15) is 5.10 Å². The molecule has 0 radical (unpaired) electrons. The van der Waals surface area contributed by atoms with Crippen LogP contribution in [0.2, 0.25) is 0 Å². The van der Waals surface area contributed by atoms with E-state index >= 15 is 0 Å². The largest absolute Gasteiger partial charge is 0.494 e. The molecule has 0 spiro atoms. The van der Waals surface area contributed by atoms with Crippen LogP contribution >= 0.6 is 0 Å². The Kier molecular flexibility index (Phi) is 6.36. The summed E-state index contributed by atoms with van der Waals surface area (Å²) in [6.45, 7) is 7.52. The number of carbonyl (C=O) groups excluding carboxylic acids is 1. The molecule has 1 amide bonds. The number of hydrazone groups is 1. The van der Waals surface area contributed by atoms with Crippen LogP contribution in [-0.2, 0) is 6.54 Å². The average Bonchev–Trinajstić information content (AvgIpc) is 3.07. The number of nitrogens with zero attached hydrogens (tertiary/aromatic N) is 2. The second kappa shape index (κ2) is 9.52. The molecule has 0 bridgehead atoms. The van der Waals surface area contributed by atoms with Crippen LogP contribution in [0.3, 0.4) is 0 Å². The number of hydrogen-bond donors (Lipinski definition) is 1. The van der Waals surface area contributed by atoms with Gasteiger partial charge in [-0.1, -0.05) is 42.5 Å². The number of para-hydroxylation sites is 1. The smallest absolute Gasteiger partial charge is 0.271 e. The van der Waals surface area contributed by atoms with Gasteiger partial charge in [0.1, 0.15) is 5.75 Å². The Bertz CT molecular complexity index is 1270. The first-order valence-electron chi connectivity index (χ1n) is 10.8. The van der Waals surface area contributed by atoms with E-state index in [2.05, 4.69) is 65.3 Å². The van der Waals surface area contributed by atoms with Crippen LogP contribution in [0, 0.1) is 13.8 Å². The fourth-order valence-electron chi connectivity index (χ4n) is 3.87. The minimum absolute atomic E-state index is 0.259. The first-order chi connectivity index (χ1) is 15.6. The fraction of sp³-hybridized carbons (Fsp3) is 0.185. The number of hydrogen-bond acceptors (Lipinski definition) is 3. The Morgan fingerprint density at radius 1 is 1.00 bits per heavy atom. The summed E-state index contributed by atoms with van der Waals surface area (Å²) < 4.78 is 7.72. The maximum absolute atomic E-state index is 12.5. The molecule has 1 aromatic heterocycles. The Balaban J connectivity index is 1.58. The van der Waals surface area contributed by atoms with E-state index in [-0.39, 0.29) is 5.91 Å². The van der Waals surface area contributed by atoms with Crippen LogP contribution in [0.15, 0.2) is 77.9 Å². The highest BCUT2D eigenvalue weighted by Gasteiger charge is 2.13. The molecule has 0 saturated heterocycles. The van der Waals surface area contributed by atoms with Gasteiger partial charge in [0.2, 0.25) is 0 Å². The van der Waals surface area contributed by atoms with Crippen molar-refractivity contribution in [3.8, 4) is 5.75 Å². The molecule has 5 heteroatoms. The SMILES string of the molecule is CCOc1ccc(C(=O)N/N=C\c2c(C)n(Cc3ccccc3C)c3ccccc23)cc1. The van der Waals surface area contributed by atoms with E-state index in [1.807, 2.05) is 19.1 Å². The lowest BCUT2D eigenvalue weighted by atomic mass is 10.1. The topological polar surface area (TPSA) is 55.6 Å². The van der Waals surface area contributed by atoms with Crippen LogP contribution < -0.4 is 10.2 Å². The van der Waals surface area contributed by atoms with Crippen LogP contribution in [-0.4, -0.2) is 23.3 Å². The highest BCUT2D eigenvalue weighted by Crippen LogP contribution is 2.26. The van der Waals surface area contributed by atoms with Crippen LogP contribution in [0.5, 0.6) is 5.75 Å². The number of nitrogens with one attached hydrogen (secondary N) is 1. The van der Waals surface area contributed by atoms with E-state index in [1.165, 1.54) is 11.1 Å². The summed E-state index contributed by atoms with van der Waals surface area (Å²) in [6.07, 6.45) is 1.73. The Morgan fingerprint density at radius 3 is 2.47 bits per heavy atom. The maximum atomic E-state index is 12.5. The number of aromatic nitrogens is 1. The van der Waals surface area contributed by atoms with Gasteiger partial charge in [-0.15, -0.1) is 0 Å². The van der Waals surface area contributed by atoms with Crippen molar-refractivity contribution >= 4 is 23.0 Å². The number of aryl methyl sites for hydroxylation is 1. The number of amides is 1. The summed E-state index contributed by atoms with van der Waals surface area (Å²) in [5, 5.41) is 5.37. The number of rotatable bonds is 7. The zero-order valence-electron chi connectivity index (χ0n) is 18.6. The third-order valence-electron chi connectivity index (χ3n) is 5.66. The van der Waals surface area contributed by atoms with Crippen molar-refractivity contribution in [2.75, 3.05) is 6.61 Å². The Morgan fingerprint density at radius 2 is 1.72 bits per heavy atom. The summed E-state index contributed by atoms with van der Waals surface area (Å²) in [5.74, 6) is 0.482. The molecular weight excluding hydrogens is 398 g/mol. The monoisotopic (exact) mass is 425 g/mol. The van der Waals surface area contributed by atoms with Crippen LogP contribution in [0.4, 0.5) is 0 Å². The van der Waals surface area contributed by atoms with Gasteiger partial charge in [-0.25, -0.2) is 5.43 Å². The van der Waals surface area contributed by atoms with Crippen molar-refractivity contribution in [1.29, 1.82) is 0 Å². The zero-order valence-corrected chi connectivity index (χ0v) is 18.6. The molecule has 1 heterocycles. The molecule has 4 aromatic rings. The molecule has 32 heavy (non-hydrogen) atoms. The lowest BCUT2D eigenvalue weighted by molar-refractivity contribution is 0.0955. The summed E-state index contributed by atoms with van der Waals surface area (Å²) in [4.78, 5) is 12.5. The van der Waals surface area contributed by atoms with Crippen molar-refractivity contribution in [3.05, 3.63) is 101 Å². The van der Waals surface area contributed by atoms with Gasteiger partial charge in [0.15, 0.2) is 0 Å². The highest BCUT2D eigenvalue weighted by molar-refractivity contribution is 6.02. The third-order valence-corrected chi connectivity index (χ3v) is 5.66. The Hall–Kier alpha value is -3.86. The first-order valence-corrected chi connectivity index (χ1v) is 10.8. The van der Waals surface area contributed by atoms with Gasteiger partial charge in [-0.05, 0) is 62.2 Å². The summed E-state index contributed by atoms with van der Waals surface area (Å²) in [7, 11) is 0. The van der Waals surface area contributed by atoms with Crippen molar-refractivity contribution in [2.24, 2.45) is 5.10 Å². The van der Waals surface area contributed by atoms with E-state index in [4.69, 9.17) is 4.74 Å². The average molecular weight is 426 g/mol. The Labute approximate surface area is 188 Å². The van der Waals surface area contributed by atoms with Gasteiger partial charge in [0.25, 0.3) is 5.91 Å². The lowest BCUT2D eigenvalue weighted by Gasteiger charge is -2.11. The van der Waals surface area contributed by atoms with Crippen LogP contribution in [0.1, 0.15) is 39.7 Å². The fourth-order valence-corrected chi connectivity index (χ4v) is 3.87. The second-order valence-corrected chi connectivity index (χ2v) is 7.69. The quantitative estimate of drug-likeness (QED) is 0.315. The molecule has 0 aliphatic carbocycles. The number of ether oxygens (including phenoxy) is 1. The van der Waals surface area contributed by atoms with E-state index in [9.17, 15) is 4.79 Å². The van der Waals surface area contributed by atoms with Gasteiger partial charge < -0.3 is 9.30 Å². The van der Waals surface area contributed by atoms with Crippen molar-refractivity contribution in [3.63, 3.8) is 0 Å². The van der Waals surface area contributed by atoms with E-state index < -0.39 is 0 Å². The highest BCUT2D eigenvalue weighted by atomic mass is 16.5. The summed E-state index contributed by atoms with van der Waals surface area (Å²) in [5.41, 5.74) is 8.97. The molecule has 0 aliphatic rings. The number of benzene rings is 3. The van der Waals surface area contributed by atoms with Crippen molar-refractivity contribution < 1.29 is 9.53 Å². The minimum Gasteiger partial charge on any atom is -0.494 e. The molecule has 0 saturated carbocycles. The maximum Gasteiger partial charge on any atom is 0.271 e. The van der Waals surface area contributed by atoms with Gasteiger partial charge >= 0.3 is 0 Å². The molecule has 5 nitrogen and oxygen atoms in total. The van der Waals surface area contributed by atoms with E-state index in [0.717, 1.165) is 34.5 Å². The molecule has 0 atom stereocenters. The van der Waals surface area contributed by atoms with Gasteiger partial charge in [0, 0.05) is 34.3 Å². The summed E-state index contributed by atoms with van der Waals surface area (Å²) in [6, 6.07) is 23.7. The summed E-state index contributed by atoms with van der Waals surface area (Å²) >= 11 is 0. The molecule has 3 aromatic carbocycles. The van der Waals surface area contributed by atoms with Crippen molar-refractivity contribution in [1.82, 2.24) is 9.99 Å². The molecule has 0 fully saturated rings. The zero-order chi connectivity index (χ0) is 22.5. The van der Waals surface area contributed by atoms with Gasteiger partial charge in [0.05, 0.1) is 12.8 Å². The predicted octanol–water partition coefficient (Wildman–Crippen LogP) is 5.47. The molecule has 0 aliphatic heterocycles. The number of carbonyl (C=O) groups is 1. The third kappa shape index (κ3) is 4.42. The first kappa shape index (κ1) is 21.4. The predicted molar refractivity (Wildman–Crippen MR) is 130 cm³/mol. The minimum atomic E-state index is -0.259. The van der Waals surface area contributed by atoms with Crippen LogP contribution in [0.25, 0.3) is 10.9 Å². The second-order valence-electron chi connectivity index (χ2n) is 7.69. The molecule has 162 valence electrons. The van der Waals surface area contributed by atoms with Crippen molar-refractivity contribution in [2.45, 2.75) is 27.3 Å². The van der Waals surface area contributed by atoms with Gasteiger partial charge in [-0.3, -0.25) is 4.79 Å². The lowest BCUT2D eigenvalue weighted by Crippen LogP contribution is -2.17. The normalized spacial score (nSPS) is 11.2. The standard InChI is InChI=1S/C27H27N3O2/c1-4-32-23-15-13-21(14-16-23)27(31)29-28-17-25-20(3)30(26-12-8-7-11-24(25)26)18-22-10-6-5-9-19(22)2/h5-17H,4,18H2,1-3H3,(H,29,31)/b28-17-. The molecule has 0 unspecified atom stereocenters. The molecule has 1 N–H and O–H groups in total.